The molecule has 5 nitrogen and oxygen atoms in total. The molecule has 3 unspecified atom stereocenters. The van der Waals surface area contributed by atoms with Crippen LogP contribution in [0.5, 0.6) is 0 Å². The van der Waals surface area contributed by atoms with E-state index in [1.165, 1.54) is 0 Å². The lowest BCUT2D eigenvalue weighted by molar-refractivity contribution is -0.00171. The number of aliphatic hydroxyl groups is 1. The number of methoxy groups -OCH3 is 1. The highest BCUT2D eigenvalue weighted by Crippen LogP contribution is 2.14. The molecule has 1 aromatic heterocycles. The standard InChI is InChI=1S/C16H24N2O3/c1-5-14(20-4)16(19)13(3)9-12(2)10-21-11-15-17-7-6-8-18-15/h5-9,13-14,16,19H,1,10-11H2,2-4H3. The minimum absolute atomic E-state index is 0.0514. The third kappa shape index (κ3) is 6.16. The molecule has 1 N–H and O–H groups in total. The van der Waals surface area contributed by atoms with Crippen LogP contribution in [0.3, 0.4) is 0 Å². The van der Waals surface area contributed by atoms with Crippen molar-refractivity contribution >= 4 is 0 Å². The van der Waals surface area contributed by atoms with Gasteiger partial charge in [0.1, 0.15) is 12.7 Å². The lowest BCUT2D eigenvalue weighted by Gasteiger charge is -2.22. The Labute approximate surface area is 126 Å². The van der Waals surface area contributed by atoms with Crippen LogP contribution in [0.4, 0.5) is 0 Å². The quantitative estimate of drug-likeness (QED) is 0.706. The first kappa shape index (κ1) is 17.5. The average molecular weight is 292 g/mol. The molecule has 0 aromatic carbocycles. The van der Waals surface area contributed by atoms with Crippen molar-refractivity contribution in [1.82, 2.24) is 9.97 Å². The fourth-order valence-corrected chi connectivity index (χ4v) is 1.98. The summed E-state index contributed by atoms with van der Waals surface area (Å²) in [5.74, 6) is 0.606. The molecule has 0 aliphatic carbocycles. The van der Waals surface area contributed by atoms with Crippen molar-refractivity contribution in [2.75, 3.05) is 13.7 Å². The number of ether oxygens (including phenoxy) is 2. The Kier molecular flexibility index (Phi) is 7.82. The van der Waals surface area contributed by atoms with Crippen LogP contribution in [0.15, 0.2) is 42.8 Å². The number of hydrogen-bond acceptors (Lipinski definition) is 5. The molecular formula is C16H24N2O3. The number of hydrogen-bond donors (Lipinski definition) is 1. The van der Waals surface area contributed by atoms with Gasteiger partial charge in [-0.1, -0.05) is 24.6 Å². The van der Waals surface area contributed by atoms with Crippen LogP contribution in [-0.4, -0.2) is 41.0 Å². The maximum atomic E-state index is 10.1. The first-order valence-electron chi connectivity index (χ1n) is 6.92. The lowest BCUT2D eigenvalue weighted by atomic mass is 9.97. The molecule has 116 valence electrons. The second-order valence-corrected chi connectivity index (χ2v) is 4.96. The van der Waals surface area contributed by atoms with E-state index in [1.807, 2.05) is 19.9 Å². The summed E-state index contributed by atoms with van der Waals surface area (Å²) in [5.41, 5.74) is 1.04. The van der Waals surface area contributed by atoms with Gasteiger partial charge in [0.15, 0.2) is 5.82 Å². The number of aromatic nitrogens is 2. The molecule has 0 saturated carbocycles. The van der Waals surface area contributed by atoms with E-state index in [4.69, 9.17) is 9.47 Å². The SMILES string of the molecule is C=CC(OC)C(O)C(C)C=C(C)COCc1ncccn1. The highest BCUT2D eigenvalue weighted by molar-refractivity contribution is 5.04. The van der Waals surface area contributed by atoms with Gasteiger partial charge < -0.3 is 14.6 Å². The smallest absolute Gasteiger partial charge is 0.153 e. The molecule has 0 saturated heterocycles. The fraction of sp³-hybridized carbons (Fsp3) is 0.500. The summed E-state index contributed by atoms with van der Waals surface area (Å²) in [5, 5.41) is 10.1. The molecule has 0 amide bonds. The summed E-state index contributed by atoms with van der Waals surface area (Å²) in [7, 11) is 1.56. The summed E-state index contributed by atoms with van der Waals surface area (Å²) in [6.45, 7) is 8.40. The zero-order valence-electron chi connectivity index (χ0n) is 12.9. The first-order chi connectivity index (χ1) is 10.1. The van der Waals surface area contributed by atoms with Crippen molar-refractivity contribution in [3.05, 3.63) is 48.6 Å². The Bertz CT molecular complexity index is 448. The number of aliphatic hydroxyl groups excluding tert-OH is 1. The summed E-state index contributed by atoms with van der Waals surface area (Å²) < 4.78 is 10.7. The van der Waals surface area contributed by atoms with Gasteiger partial charge in [-0.05, 0) is 13.0 Å². The van der Waals surface area contributed by atoms with E-state index < -0.39 is 6.10 Å². The predicted octanol–water partition coefficient (Wildman–Crippen LogP) is 2.14. The van der Waals surface area contributed by atoms with Crippen molar-refractivity contribution in [1.29, 1.82) is 0 Å². The average Bonchev–Trinajstić information content (AvgIpc) is 2.49. The summed E-state index contributed by atoms with van der Waals surface area (Å²) >= 11 is 0. The Morgan fingerprint density at radius 3 is 2.67 bits per heavy atom. The number of rotatable bonds is 9. The largest absolute Gasteiger partial charge is 0.389 e. The van der Waals surface area contributed by atoms with Gasteiger partial charge in [0.05, 0.1) is 12.7 Å². The van der Waals surface area contributed by atoms with Crippen LogP contribution in [0.2, 0.25) is 0 Å². The van der Waals surface area contributed by atoms with Gasteiger partial charge in [0.25, 0.3) is 0 Å². The third-order valence-corrected chi connectivity index (χ3v) is 3.11. The van der Waals surface area contributed by atoms with Crippen LogP contribution >= 0.6 is 0 Å². The topological polar surface area (TPSA) is 64.5 Å². The molecular weight excluding hydrogens is 268 g/mol. The maximum Gasteiger partial charge on any atom is 0.153 e. The molecule has 0 aliphatic rings. The Balaban J connectivity index is 2.43. The van der Waals surface area contributed by atoms with Crippen molar-refractivity contribution in [3.8, 4) is 0 Å². The fourth-order valence-electron chi connectivity index (χ4n) is 1.98. The predicted molar refractivity (Wildman–Crippen MR) is 81.6 cm³/mol. The molecule has 0 bridgehead atoms. The summed E-state index contributed by atoms with van der Waals surface area (Å²) in [6.07, 6.45) is 5.96. The van der Waals surface area contributed by atoms with Crippen LogP contribution in [0.25, 0.3) is 0 Å². The molecule has 1 aromatic rings. The van der Waals surface area contributed by atoms with Crippen LogP contribution < -0.4 is 0 Å². The lowest BCUT2D eigenvalue weighted by Crippen LogP contribution is -2.31. The van der Waals surface area contributed by atoms with Gasteiger partial charge in [0.2, 0.25) is 0 Å². The minimum atomic E-state index is -0.625. The van der Waals surface area contributed by atoms with Crippen LogP contribution in [0.1, 0.15) is 19.7 Å². The van der Waals surface area contributed by atoms with Gasteiger partial charge in [-0.15, -0.1) is 6.58 Å². The van der Waals surface area contributed by atoms with Crippen molar-refractivity contribution in [3.63, 3.8) is 0 Å². The second-order valence-electron chi connectivity index (χ2n) is 4.96. The molecule has 5 heteroatoms. The van der Waals surface area contributed by atoms with Gasteiger partial charge in [-0.2, -0.15) is 0 Å². The molecule has 3 atom stereocenters. The van der Waals surface area contributed by atoms with Gasteiger partial charge in [-0.25, -0.2) is 9.97 Å². The van der Waals surface area contributed by atoms with Crippen molar-refractivity contribution in [2.24, 2.45) is 5.92 Å². The Morgan fingerprint density at radius 1 is 1.43 bits per heavy atom. The molecule has 21 heavy (non-hydrogen) atoms. The minimum Gasteiger partial charge on any atom is -0.389 e. The van der Waals surface area contributed by atoms with Crippen molar-refractivity contribution in [2.45, 2.75) is 32.7 Å². The Hall–Kier alpha value is -1.56. The van der Waals surface area contributed by atoms with Crippen LogP contribution in [0, 0.1) is 5.92 Å². The molecule has 0 radical (unpaired) electrons. The van der Waals surface area contributed by atoms with E-state index in [2.05, 4.69) is 16.5 Å². The molecule has 1 heterocycles. The Morgan fingerprint density at radius 2 is 2.10 bits per heavy atom. The third-order valence-electron chi connectivity index (χ3n) is 3.11. The van der Waals surface area contributed by atoms with Gasteiger partial charge in [-0.3, -0.25) is 0 Å². The molecule has 0 spiro atoms. The van der Waals surface area contributed by atoms with E-state index in [0.717, 1.165) is 5.57 Å². The van der Waals surface area contributed by atoms with Gasteiger partial charge >= 0.3 is 0 Å². The zero-order chi connectivity index (χ0) is 15.7. The highest BCUT2D eigenvalue weighted by atomic mass is 16.5. The zero-order valence-corrected chi connectivity index (χ0v) is 12.9. The van der Waals surface area contributed by atoms with Gasteiger partial charge in [0, 0.05) is 25.4 Å². The molecule has 1 rings (SSSR count). The van der Waals surface area contributed by atoms with Crippen LogP contribution in [-0.2, 0) is 16.1 Å². The van der Waals surface area contributed by atoms with Crippen molar-refractivity contribution < 1.29 is 14.6 Å². The van der Waals surface area contributed by atoms with E-state index in [0.29, 0.717) is 19.0 Å². The molecule has 0 aliphatic heterocycles. The maximum absolute atomic E-state index is 10.1. The summed E-state index contributed by atoms with van der Waals surface area (Å²) in [6, 6.07) is 1.77. The van der Waals surface area contributed by atoms with E-state index in [1.54, 1.807) is 31.6 Å². The van der Waals surface area contributed by atoms with E-state index >= 15 is 0 Å². The van der Waals surface area contributed by atoms with E-state index in [-0.39, 0.29) is 12.0 Å². The second kappa shape index (κ2) is 9.39. The normalized spacial score (nSPS) is 16.3. The van der Waals surface area contributed by atoms with E-state index in [9.17, 15) is 5.11 Å². The monoisotopic (exact) mass is 292 g/mol. The number of nitrogens with zero attached hydrogens (tertiary/aromatic N) is 2. The molecule has 0 fully saturated rings. The summed E-state index contributed by atoms with van der Waals surface area (Å²) in [4.78, 5) is 8.17. The first-order valence-corrected chi connectivity index (χ1v) is 6.92. The highest BCUT2D eigenvalue weighted by Gasteiger charge is 2.20.